The van der Waals surface area contributed by atoms with Crippen LogP contribution in [0.25, 0.3) is 10.8 Å². The molecule has 156 valence electrons. The number of fused-ring (bicyclic) bond motifs is 1. The average molecular weight is 419 g/mol. The Labute approximate surface area is 168 Å². The minimum atomic E-state index is -1.71. The Morgan fingerprint density at radius 3 is 2.60 bits per heavy atom. The topological polar surface area (TPSA) is 96.4 Å². The molecule has 1 aliphatic rings. The van der Waals surface area contributed by atoms with Gasteiger partial charge in [0.05, 0.1) is 12.6 Å². The molecule has 0 spiro atoms. The second-order valence-corrected chi connectivity index (χ2v) is 6.85. The van der Waals surface area contributed by atoms with Gasteiger partial charge in [0.15, 0.2) is 17.5 Å². The molecule has 1 unspecified atom stereocenters. The van der Waals surface area contributed by atoms with Gasteiger partial charge in [0.2, 0.25) is 11.8 Å². The highest BCUT2D eigenvalue weighted by Crippen LogP contribution is 2.37. The number of hydrogen-bond donors (Lipinski definition) is 2. The highest BCUT2D eigenvalue weighted by Gasteiger charge is 2.23. The summed E-state index contributed by atoms with van der Waals surface area (Å²) in [6.45, 7) is 0.875. The summed E-state index contributed by atoms with van der Waals surface area (Å²) in [4.78, 5) is 12.3. The van der Waals surface area contributed by atoms with Crippen LogP contribution in [0, 0.1) is 17.5 Å². The van der Waals surface area contributed by atoms with Crippen molar-refractivity contribution in [1.82, 2.24) is 4.57 Å². The number of azo groups is 1. The number of ether oxygens (including phenoxy) is 1. The third kappa shape index (κ3) is 3.50. The number of nitrogens with zero attached hydrogens (tertiary/aromatic N) is 3. The van der Waals surface area contributed by atoms with E-state index < -0.39 is 29.0 Å². The summed E-state index contributed by atoms with van der Waals surface area (Å²) >= 11 is 0. The van der Waals surface area contributed by atoms with Gasteiger partial charge in [-0.1, -0.05) is 0 Å². The summed E-state index contributed by atoms with van der Waals surface area (Å²) < 4.78 is 46.7. The summed E-state index contributed by atoms with van der Waals surface area (Å²) in [5, 5.41) is 28.1. The van der Waals surface area contributed by atoms with E-state index in [0.29, 0.717) is 18.1 Å². The van der Waals surface area contributed by atoms with Crippen LogP contribution in [0.2, 0.25) is 0 Å². The number of aromatic nitrogens is 1. The minimum absolute atomic E-state index is 0.00110. The van der Waals surface area contributed by atoms with Gasteiger partial charge in [-0.25, -0.2) is 13.2 Å². The summed E-state index contributed by atoms with van der Waals surface area (Å²) in [6, 6.07) is 5.60. The van der Waals surface area contributed by atoms with Gasteiger partial charge in [-0.3, -0.25) is 9.36 Å². The first-order valence-electron chi connectivity index (χ1n) is 9.12. The van der Waals surface area contributed by atoms with Crippen LogP contribution in [-0.4, -0.2) is 33.4 Å². The fraction of sp³-hybridized carbons (Fsp3) is 0.250. The van der Waals surface area contributed by atoms with E-state index in [-0.39, 0.29) is 35.4 Å². The summed E-state index contributed by atoms with van der Waals surface area (Å²) in [5.74, 6) is -5.96. The predicted octanol–water partition coefficient (Wildman–Crippen LogP) is 4.57. The van der Waals surface area contributed by atoms with Gasteiger partial charge in [0, 0.05) is 22.9 Å². The molecule has 1 amide bonds. The zero-order chi connectivity index (χ0) is 21.4. The van der Waals surface area contributed by atoms with E-state index in [1.54, 1.807) is 0 Å². The zero-order valence-electron chi connectivity index (χ0n) is 15.5. The normalized spacial score (nSPS) is 16.7. The molecule has 4 rings (SSSR count). The molecule has 0 saturated carbocycles. The molecule has 2 N–H and O–H groups in total. The van der Waals surface area contributed by atoms with Crippen LogP contribution in [0.4, 0.5) is 18.9 Å². The monoisotopic (exact) mass is 419 g/mol. The van der Waals surface area contributed by atoms with Crippen molar-refractivity contribution >= 4 is 22.4 Å². The van der Waals surface area contributed by atoms with Gasteiger partial charge in [0.1, 0.15) is 5.69 Å². The Hall–Kier alpha value is -3.40. The van der Waals surface area contributed by atoms with E-state index in [2.05, 4.69) is 10.2 Å². The molecule has 1 atom stereocenters. The average Bonchev–Trinajstić information content (AvgIpc) is 3.34. The van der Waals surface area contributed by atoms with E-state index in [1.807, 2.05) is 0 Å². The van der Waals surface area contributed by atoms with Gasteiger partial charge >= 0.3 is 0 Å². The molecule has 1 fully saturated rings. The van der Waals surface area contributed by atoms with Gasteiger partial charge in [-0.2, -0.15) is 0 Å². The molecule has 10 heteroatoms. The predicted molar refractivity (Wildman–Crippen MR) is 99.4 cm³/mol. The molecule has 2 heterocycles. The molecule has 0 bridgehead atoms. The van der Waals surface area contributed by atoms with Crippen molar-refractivity contribution in [2.24, 2.45) is 10.2 Å². The van der Waals surface area contributed by atoms with E-state index in [4.69, 9.17) is 4.74 Å². The first-order valence-corrected chi connectivity index (χ1v) is 9.12. The van der Waals surface area contributed by atoms with Crippen molar-refractivity contribution in [3.63, 3.8) is 0 Å². The Balaban J connectivity index is 1.62. The second kappa shape index (κ2) is 7.79. The molecule has 1 saturated heterocycles. The largest absolute Gasteiger partial charge is 0.494 e. The maximum absolute atomic E-state index is 13.6. The maximum Gasteiger partial charge on any atom is 0.295 e. The summed E-state index contributed by atoms with van der Waals surface area (Å²) in [7, 11) is 0. The second-order valence-electron chi connectivity index (χ2n) is 6.85. The van der Waals surface area contributed by atoms with Gasteiger partial charge < -0.3 is 14.9 Å². The van der Waals surface area contributed by atoms with E-state index in [9.17, 15) is 28.2 Å². The standard InChI is InChI=1S/C20H16F3N3O4/c21-14-5-6-15(17(23)16(14)22)24-25-18(27)10-3-4-12-13(8-10)20(29)26(19(12)28)9-11-2-1-7-30-11/h3-6,8,11,28-29H,1-2,7,9H2. The van der Waals surface area contributed by atoms with Gasteiger partial charge in [-0.05, 0) is 43.2 Å². The highest BCUT2D eigenvalue weighted by molar-refractivity contribution is 6.02. The SMILES string of the molecule is O=C(N=Nc1ccc(F)c(F)c1F)c1ccc2c(O)n(CC3CCCO3)c(O)c2c1. The van der Waals surface area contributed by atoms with Crippen molar-refractivity contribution in [3.8, 4) is 11.8 Å². The fourth-order valence-electron chi connectivity index (χ4n) is 3.36. The molecule has 3 aromatic rings. The van der Waals surface area contributed by atoms with Crippen molar-refractivity contribution < 1.29 is 32.9 Å². The van der Waals surface area contributed by atoms with Crippen LogP contribution in [0.1, 0.15) is 23.2 Å². The third-order valence-corrected chi connectivity index (χ3v) is 4.93. The minimum Gasteiger partial charge on any atom is -0.494 e. The molecule has 0 aliphatic carbocycles. The first-order chi connectivity index (χ1) is 14.4. The van der Waals surface area contributed by atoms with E-state index in [1.165, 1.54) is 22.8 Å². The molecule has 1 aliphatic heterocycles. The quantitative estimate of drug-likeness (QED) is 0.478. The number of rotatable bonds is 4. The van der Waals surface area contributed by atoms with Crippen molar-refractivity contribution in [2.45, 2.75) is 25.5 Å². The number of carbonyl (C=O) groups excluding carboxylic acids is 1. The lowest BCUT2D eigenvalue weighted by molar-refractivity contribution is 0.0930. The lowest BCUT2D eigenvalue weighted by atomic mass is 10.1. The Morgan fingerprint density at radius 2 is 1.87 bits per heavy atom. The summed E-state index contributed by atoms with van der Waals surface area (Å²) in [6.07, 6.45) is 1.57. The third-order valence-electron chi connectivity index (χ3n) is 4.93. The Morgan fingerprint density at radius 1 is 1.10 bits per heavy atom. The number of hydrogen-bond acceptors (Lipinski definition) is 5. The van der Waals surface area contributed by atoms with Gasteiger partial charge in [-0.15, -0.1) is 10.2 Å². The van der Waals surface area contributed by atoms with Crippen LogP contribution < -0.4 is 0 Å². The molecule has 0 radical (unpaired) electrons. The molecule has 30 heavy (non-hydrogen) atoms. The highest BCUT2D eigenvalue weighted by atomic mass is 19.2. The maximum atomic E-state index is 13.6. The van der Waals surface area contributed by atoms with Crippen molar-refractivity contribution in [1.29, 1.82) is 0 Å². The number of carbonyl (C=O) groups is 1. The zero-order valence-corrected chi connectivity index (χ0v) is 15.5. The number of amides is 1. The first kappa shape index (κ1) is 19.9. The smallest absolute Gasteiger partial charge is 0.295 e. The van der Waals surface area contributed by atoms with Crippen molar-refractivity contribution in [3.05, 3.63) is 53.3 Å². The van der Waals surface area contributed by atoms with Gasteiger partial charge in [0.25, 0.3) is 5.91 Å². The van der Waals surface area contributed by atoms with Crippen LogP contribution in [0.5, 0.6) is 11.8 Å². The van der Waals surface area contributed by atoms with E-state index in [0.717, 1.165) is 18.9 Å². The molecule has 1 aromatic heterocycles. The van der Waals surface area contributed by atoms with Crippen LogP contribution in [0.15, 0.2) is 40.6 Å². The molecule has 2 aromatic carbocycles. The summed E-state index contributed by atoms with van der Waals surface area (Å²) in [5.41, 5.74) is -0.634. The fourth-order valence-corrected chi connectivity index (χ4v) is 3.36. The number of aromatic hydroxyl groups is 2. The lowest BCUT2D eigenvalue weighted by Gasteiger charge is -2.12. The van der Waals surface area contributed by atoms with E-state index >= 15 is 0 Å². The number of halogens is 3. The number of benzene rings is 2. The Kier molecular flexibility index (Phi) is 5.17. The Bertz CT molecular complexity index is 1170. The molecular formula is C20H16F3N3O4. The van der Waals surface area contributed by atoms with Crippen LogP contribution in [-0.2, 0) is 11.3 Å². The lowest BCUT2D eigenvalue weighted by Crippen LogP contribution is -2.14. The van der Waals surface area contributed by atoms with Crippen LogP contribution >= 0.6 is 0 Å². The molecular weight excluding hydrogens is 403 g/mol. The van der Waals surface area contributed by atoms with Crippen LogP contribution in [0.3, 0.4) is 0 Å². The molecule has 7 nitrogen and oxygen atoms in total. The van der Waals surface area contributed by atoms with Crippen molar-refractivity contribution in [2.75, 3.05) is 6.61 Å².